The van der Waals surface area contributed by atoms with E-state index in [-0.39, 0.29) is 0 Å². The largest absolute Gasteiger partial charge is 0.477 e. The molecule has 9 heteroatoms. The van der Waals surface area contributed by atoms with Gasteiger partial charge in [0, 0.05) is 0 Å². The molecule has 0 amide bonds. The zero-order valence-corrected chi connectivity index (χ0v) is 6.81. The summed E-state index contributed by atoms with van der Waals surface area (Å²) in [4.78, 5) is 9.69. The van der Waals surface area contributed by atoms with Gasteiger partial charge in [0.15, 0.2) is 12.3 Å². The van der Waals surface area contributed by atoms with Gasteiger partial charge < -0.3 is 5.11 Å². The molecule has 0 saturated carbocycles. The molecule has 0 saturated heterocycles. The van der Waals surface area contributed by atoms with Crippen molar-refractivity contribution in [2.45, 2.75) is 30.9 Å². The van der Waals surface area contributed by atoms with Crippen LogP contribution in [0.2, 0.25) is 0 Å². The van der Waals surface area contributed by atoms with Crippen molar-refractivity contribution in [1.82, 2.24) is 0 Å². The molecule has 0 rings (SSSR count). The zero-order chi connectivity index (χ0) is 12.4. The molecule has 1 N–H and O–H groups in total. The van der Waals surface area contributed by atoms with E-state index in [0.29, 0.717) is 0 Å². The van der Waals surface area contributed by atoms with Crippen LogP contribution in [0.1, 0.15) is 0 Å². The van der Waals surface area contributed by atoms with E-state index in [1.54, 1.807) is 0 Å². The lowest BCUT2D eigenvalue weighted by Gasteiger charge is -2.21. The minimum atomic E-state index is -5.25. The van der Waals surface area contributed by atoms with Crippen LogP contribution in [0, 0.1) is 0 Å². The molecule has 0 heterocycles. The molecule has 3 atom stereocenters. The highest BCUT2D eigenvalue weighted by Gasteiger charge is 2.55. The summed E-state index contributed by atoms with van der Waals surface area (Å²) >= 11 is 0. The summed E-state index contributed by atoms with van der Waals surface area (Å²) in [7, 11) is 0. The summed E-state index contributed by atoms with van der Waals surface area (Å²) in [5, 5.41) is 7.71. The van der Waals surface area contributed by atoms with Gasteiger partial charge >= 0.3 is 11.9 Å². The summed E-state index contributed by atoms with van der Waals surface area (Å²) in [5.74, 6) is -8.31. The molecule has 90 valence electrons. The van der Waals surface area contributed by atoms with Crippen molar-refractivity contribution in [1.29, 1.82) is 0 Å². The van der Waals surface area contributed by atoms with E-state index in [1.807, 2.05) is 0 Å². The summed E-state index contributed by atoms with van der Waals surface area (Å²) in [6, 6.07) is 0. The van der Waals surface area contributed by atoms with E-state index in [1.165, 1.54) is 0 Å². The highest BCUT2D eigenvalue weighted by Crippen LogP contribution is 2.30. The normalized spacial score (nSPS) is 18.7. The fourth-order valence-corrected chi connectivity index (χ4v) is 0.618. The lowest BCUT2D eigenvalue weighted by atomic mass is 10.1. The van der Waals surface area contributed by atoms with Crippen molar-refractivity contribution in [3.8, 4) is 0 Å². The number of hydrogen-bond acceptors (Lipinski definition) is 1. The topological polar surface area (TPSA) is 37.3 Å². The first-order valence-corrected chi connectivity index (χ1v) is 3.44. The fourth-order valence-electron chi connectivity index (χ4n) is 0.618. The van der Waals surface area contributed by atoms with Crippen molar-refractivity contribution < 1.29 is 40.6 Å². The van der Waals surface area contributed by atoms with E-state index in [0.717, 1.165) is 0 Å². The van der Waals surface area contributed by atoms with E-state index in [4.69, 9.17) is 5.11 Å². The van der Waals surface area contributed by atoms with E-state index in [2.05, 4.69) is 0 Å². The van der Waals surface area contributed by atoms with Gasteiger partial charge in [0.2, 0.25) is 6.17 Å². The van der Waals surface area contributed by atoms with Crippen molar-refractivity contribution in [3.63, 3.8) is 0 Å². The minimum Gasteiger partial charge on any atom is -0.477 e. The van der Waals surface area contributed by atoms with Gasteiger partial charge in [-0.25, -0.2) is 26.7 Å². The Morgan fingerprint density at radius 1 is 1.00 bits per heavy atom. The van der Waals surface area contributed by atoms with Crippen molar-refractivity contribution >= 4 is 5.97 Å². The van der Waals surface area contributed by atoms with Gasteiger partial charge in [-0.1, -0.05) is 0 Å². The first kappa shape index (κ1) is 14.0. The Labute approximate surface area is 78.7 Å². The number of halogens is 7. The lowest BCUT2D eigenvalue weighted by Crippen LogP contribution is -2.48. The third-order valence-corrected chi connectivity index (χ3v) is 1.46. The van der Waals surface area contributed by atoms with Crippen LogP contribution < -0.4 is 0 Å². The average Bonchev–Trinajstić information content (AvgIpc) is 2.13. The molecule has 15 heavy (non-hydrogen) atoms. The fraction of sp³-hybridized carbons (Fsp3) is 0.833. The van der Waals surface area contributed by atoms with Gasteiger partial charge in [0.25, 0.3) is 6.43 Å². The maximum Gasteiger partial charge on any atom is 0.377 e. The molecule has 2 nitrogen and oxygen atoms in total. The number of carboxylic acids is 1. The summed E-state index contributed by atoms with van der Waals surface area (Å²) in [6.45, 7) is 0. The number of alkyl halides is 7. The first-order chi connectivity index (χ1) is 6.62. The van der Waals surface area contributed by atoms with E-state index in [9.17, 15) is 35.5 Å². The molecular weight excluding hydrogens is 237 g/mol. The lowest BCUT2D eigenvalue weighted by molar-refractivity contribution is -0.184. The molecular formula is C6H5F7O2. The summed E-state index contributed by atoms with van der Waals surface area (Å²) < 4.78 is 84.0. The smallest absolute Gasteiger partial charge is 0.377 e. The molecule has 0 aliphatic heterocycles. The predicted molar refractivity (Wildman–Crippen MR) is 33.3 cm³/mol. The highest BCUT2D eigenvalue weighted by molar-refractivity contribution is 5.76. The number of aliphatic carboxylic acids is 1. The van der Waals surface area contributed by atoms with Crippen LogP contribution in [0.4, 0.5) is 30.7 Å². The van der Waals surface area contributed by atoms with Crippen molar-refractivity contribution in [2.75, 3.05) is 0 Å². The second kappa shape index (κ2) is 4.67. The predicted octanol–water partition coefficient (Wildman–Crippen LogP) is 1.99. The molecule has 0 spiro atoms. The maximum absolute atomic E-state index is 12.4. The van der Waals surface area contributed by atoms with Crippen LogP contribution in [0.3, 0.4) is 0 Å². The van der Waals surface area contributed by atoms with Crippen LogP contribution in [0.5, 0.6) is 0 Å². The quantitative estimate of drug-likeness (QED) is 0.748. The molecule has 0 aliphatic rings. The second-order valence-electron chi connectivity index (χ2n) is 2.55. The van der Waals surface area contributed by atoms with Crippen LogP contribution in [0.15, 0.2) is 0 Å². The maximum atomic E-state index is 12.4. The molecule has 0 radical (unpaired) electrons. The van der Waals surface area contributed by atoms with Gasteiger partial charge in [0.05, 0.1) is 0 Å². The molecule has 0 fully saturated rings. The second-order valence-corrected chi connectivity index (χ2v) is 2.55. The first-order valence-electron chi connectivity index (χ1n) is 3.44. The molecule has 0 aromatic rings. The van der Waals surface area contributed by atoms with Gasteiger partial charge in [-0.3, -0.25) is 0 Å². The third kappa shape index (κ3) is 2.96. The number of carbonyl (C=O) groups is 1. The number of hydrogen-bond donors (Lipinski definition) is 1. The number of carboxylic acid groups (broad SMARTS) is 1. The van der Waals surface area contributed by atoms with Crippen molar-refractivity contribution in [2.24, 2.45) is 0 Å². The Morgan fingerprint density at radius 3 is 1.67 bits per heavy atom. The van der Waals surface area contributed by atoms with E-state index >= 15 is 0 Å². The molecule has 0 aliphatic carbocycles. The monoisotopic (exact) mass is 242 g/mol. The Hall–Kier alpha value is -1.02. The molecule has 0 aromatic heterocycles. The average molecular weight is 242 g/mol. The van der Waals surface area contributed by atoms with Gasteiger partial charge in [-0.2, -0.15) is 8.78 Å². The minimum absolute atomic E-state index is 3.06. The van der Waals surface area contributed by atoms with Crippen LogP contribution in [-0.2, 0) is 4.79 Å². The Bertz CT molecular complexity index is 232. The van der Waals surface area contributed by atoms with Gasteiger partial charge in [0.1, 0.15) is 0 Å². The van der Waals surface area contributed by atoms with E-state index < -0.39 is 36.8 Å². The van der Waals surface area contributed by atoms with Gasteiger partial charge in [-0.15, -0.1) is 0 Å². The molecule has 0 aromatic carbocycles. The van der Waals surface area contributed by atoms with Crippen molar-refractivity contribution in [3.05, 3.63) is 0 Å². The standard InChI is InChI=1S/C6H5F7O2/c7-1(2(8)4(10)11)3(9)6(12,13)5(14)15/h1-4H,(H,14,15). The molecule has 3 unspecified atom stereocenters. The summed E-state index contributed by atoms with van der Waals surface area (Å²) in [6.07, 6.45) is -15.9. The zero-order valence-electron chi connectivity index (χ0n) is 6.81. The third-order valence-electron chi connectivity index (χ3n) is 1.46. The van der Waals surface area contributed by atoms with Crippen LogP contribution in [0.25, 0.3) is 0 Å². The highest BCUT2D eigenvalue weighted by atomic mass is 19.3. The summed E-state index contributed by atoms with van der Waals surface area (Å²) in [5.41, 5.74) is 0. The number of rotatable bonds is 5. The molecule has 0 bridgehead atoms. The Balaban J connectivity index is 4.71. The Morgan fingerprint density at radius 2 is 1.40 bits per heavy atom. The van der Waals surface area contributed by atoms with Crippen LogP contribution in [-0.4, -0.2) is 41.9 Å². The van der Waals surface area contributed by atoms with Gasteiger partial charge in [-0.05, 0) is 0 Å². The SMILES string of the molecule is O=C(O)C(F)(F)C(F)C(F)C(F)C(F)F. The van der Waals surface area contributed by atoms with Crippen LogP contribution >= 0.6 is 0 Å². The Kier molecular flexibility index (Phi) is 4.35.